The number of nitrogens with zero attached hydrogens (tertiary/aromatic N) is 2. The first kappa shape index (κ1) is 11.4. The molecule has 2 aromatic rings. The van der Waals surface area contributed by atoms with Crippen molar-refractivity contribution in [3.05, 3.63) is 47.4 Å². The summed E-state index contributed by atoms with van der Waals surface area (Å²) < 4.78 is 0. The first-order valence-corrected chi connectivity index (χ1v) is 6.51. The first-order valence-electron chi connectivity index (χ1n) is 6.51. The molecule has 18 heavy (non-hydrogen) atoms. The maximum absolute atomic E-state index is 5.54. The highest BCUT2D eigenvalue weighted by atomic mass is 14.9. The molecule has 0 saturated carbocycles. The Labute approximate surface area is 107 Å². The highest BCUT2D eigenvalue weighted by Gasteiger charge is 2.12. The molecule has 0 bridgehead atoms. The molecule has 0 unspecified atom stereocenters. The van der Waals surface area contributed by atoms with E-state index in [1.54, 1.807) is 0 Å². The van der Waals surface area contributed by atoms with Gasteiger partial charge in [0.15, 0.2) is 0 Å². The fraction of sp³-hybridized carbons (Fsp3) is 0.333. The number of aryl methyl sites for hydroxylation is 2. The van der Waals surface area contributed by atoms with Crippen molar-refractivity contribution in [3.8, 4) is 11.3 Å². The fourth-order valence-corrected chi connectivity index (χ4v) is 2.54. The van der Waals surface area contributed by atoms with Gasteiger partial charge in [0.25, 0.3) is 0 Å². The van der Waals surface area contributed by atoms with Crippen LogP contribution in [0.5, 0.6) is 0 Å². The van der Waals surface area contributed by atoms with Crippen molar-refractivity contribution in [1.82, 2.24) is 9.97 Å². The number of rotatable bonds is 3. The molecule has 0 spiro atoms. The molecular weight excluding hydrogens is 222 g/mol. The summed E-state index contributed by atoms with van der Waals surface area (Å²) in [6.45, 7) is 0.591. The normalized spacial score (nSPS) is 13.6. The number of benzene rings is 1. The quantitative estimate of drug-likeness (QED) is 0.892. The minimum atomic E-state index is 0.591. The van der Waals surface area contributed by atoms with Gasteiger partial charge in [0.1, 0.15) is 5.82 Å². The smallest absolute Gasteiger partial charge is 0.130 e. The van der Waals surface area contributed by atoms with Crippen LogP contribution in [0.1, 0.15) is 23.4 Å². The van der Waals surface area contributed by atoms with Crippen LogP contribution in [0.25, 0.3) is 11.3 Å². The van der Waals surface area contributed by atoms with E-state index in [0.29, 0.717) is 6.54 Å². The number of fused-ring (bicyclic) bond motifs is 1. The Morgan fingerprint density at radius 3 is 2.89 bits per heavy atom. The number of nitrogens with two attached hydrogens (primary N) is 1. The zero-order chi connectivity index (χ0) is 12.4. The van der Waals surface area contributed by atoms with Crippen molar-refractivity contribution in [1.29, 1.82) is 0 Å². The van der Waals surface area contributed by atoms with Crippen LogP contribution in [0, 0.1) is 0 Å². The highest BCUT2D eigenvalue weighted by Crippen LogP contribution is 2.27. The van der Waals surface area contributed by atoms with E-state index >= 15 is 0 Å². The van der Waals surface area contributed by atoms with E-state index in [4.69, 9.17) is 5.73 Å². The summed E-state index contributed by atoms with van der Waals surface area (Å²) in [5.74, 6) is 0.829. The van der Waals surface area contributed by atoms with Crippen LogP contribution in [0.2, 0.25) is 0 Å². The Morgan fingerprint density at radius 1 is 1.11 bits per heavy atom. The average molecular weight is 239 g/mol. The molecule has 3 nitrogen and oxygen atoms in total. The third-order valence-corrected chi connectivity index (χ3v) is 3.47. The molecule has 3 heteroatoms. The predicted octanol–water partition coefficient (Wildman–Crippen LogP) is 2.13. The Morgan fingerprint density at radius 2 is 2.00 bits per heavy atom. The topological polar surface area (TPSA) is 51.8 Å². The lowest BCUT2D eigenvalue weighted by atomic mass is 10.0. The average Bonchev–Trinajstić information content (AvgIpc) is 2.86. The van der Waals surface area contributed by atoms with Crippen LogP contribution in [-0.4, -0.2) is 16.5 Å². The Bertz CT molecular complexity index is 563. The van der Waals surface area contributed by atoms with Crippen LogP contribution in [-0.2, 0) is 19.3 Å². The molecule has 0 saturated heterocycles. The van der Waals surface area contributed by atoms with Gasteiger partial charge in [0, 0.05) is 18.2 Å². The standard InChI is InChI=1S/C15H17N3/c16-8-6-15-17-9-7-14(18-15)13-5-4-11-2-1-3-12(11)10-13/h4-5,7,9-10H,1-3,6,8,16H2. The third kappa shape index (κ3) is 2.14. The zero-order valence-corrected chi connectivity index (χ0v) is 10.4. The van der Waals surface area contributed by atoms with E-state index in [1.807, 2.05) is 12.3 Å². The van der Waals surface area contributed by atoms with E-state index in [1.165, 1.54) is 36.0 Å². The fourth-order valence-electron chi connectivity index (χ4n) is 2.54. The summed E-state index contributed by atoms with van der Waals surface area (Å²) in [7, 11) is 0. The molecule has 0 radical (unpaired) electrons. The largest absolute Gasteiger partial charge is 0.330 e. The summed E-state index contributed by atoms with van der Waals surface area (Å²) in [5.41, 5.74) is 10.7. The second kappa shape index (κ2) is 4.86. The summed E-state index contributed by atoms with van der Waals surface area (Å²) in [5, 5.41) is 0. The van der Waals surface area contributed by atoms with Gasteiger partial charge in [-0.2, -0.15) is 0 Å². The molecule has 1 aliphatic rings. The first-order chi connectivity index (χ1) is 8.86. The van der Waals surface area contributed by atoms with E-state index in [2.05, 4.69) is 28.2 Å². The van der Waals surface area contributed by atoms with Gasteiger partial charge in [-0.1, -0.05) is 12.1 Å². The van der Waals surface area contributed by atoms with Gasteiger partial charge in [0.2, 0.25) is 0 Å². The van der Waals surface area contributed by atoms with Crippen molar-refractivity contribution in [2.24, 2.45) is 5.73 Å². The molecule has 3 rings (SSSR count). The van der Waals surface area contributed by atoms with Gasteiger partial charge >= 0.3 is 0 Å². The number of aromatic nitrogens is 2. The van der Waals surface area contributed by atoms with Crippen LogP contribution in [0.15, 0.2) is 30.5 Å². The molecule has 1 aromatic carbocycles. The minimum absolute atomic E-state index is 0.591. The molecule has 92 valence electrons. The van der Waals surface area contributed by atoms with Crippen molar-refractivity contribution in [2.75, 3.05) is 6.54 Å². The van der Waals surface area contributed by atoms with Crippen LogP contribution >= 0.6 is 0 Å². The van der Waals surface area contributed by atoms with Gasteiger partial charge in [0.05, 0.1) is 5.69 Å². The van der Waals surface area contributed by atoms with Gasteiger partial charge < -0.3 is 5.73 Å². The van der Waals surface area contributed by atoms with E-state index < -0.39 is 0 Å². The van der Waals surface area contributed by atoms with Crippen molar-refractivity contribution in [2.45, 2.75) is 25.7 Å². The van der Waals surface area contributed by atoms with E-state index in [0.717, 1.165) is 17.9 Å². The van der Waals surface area contributed by atoms with Gasteiger partial charge in [-0.25, -0.2) is 9.97 Å². The molecule has 1 aliphatic carbocycles. The molecular formula is C15H17N3. The Kier molecular flexibility index (Phi) is 3.07. The van der Waals surface area contributed by atoms with Gasteiger partial charge in [-0.05, 0) is 49.1 Å². The van der Waals surface area contributed by atoms with E-state index in [-0.39, 0.29) is 0 Å². The van der Waals surface area contributed by atoms with Crippen LogP contribution in [0.4, 0.5) is 0 Å². The summed E-state index contributed by atoms with van der Waals surface area (Å²) >= 11 is 0. The Balaban J connectivity index is 1.96. The predicted molar refractivity (Wildman–Crippen MR) is 72.3 cm³/mol. The van der Waals surface area contributed by atoms with Gasteiger partial charge in [-0.3, -0.25) is 0 Å². The van der Waals surface area contributed by atoms with Crippen LogP contribution in [0.3, 0.4) is 0 Å². The van der Waals surface area contributed by atoms with Gasteiger partial charge in [-0.15, -0.1) is 0 Å². The molecule has 0 amide bonds. The SMILES string of the molecule is NCCc1nccc(-c2ccc3c(c2)CCC3)n1. The molecule has 0 fully saturated rings. The van der Waals surface area contributed by atoms with E-state index in [9.17, 15) is 0 Å². The zero-order valence-electron chi connectivity index (χ0n) is 10.4. The molecule has 1 aromatic heterocycles. The summed E-state index contributed by atoms with van der Waals surface area (Å²) in [4.78, 5) is 8.80. The molecule has 0 aliphatic heterocycles. The molecule has 2 N–H and O–H groups in total. The van der Waals surface area contributed by atoms with Crippen molar-refractivity contribution < 1.29 is 0 Å². The van der Waals surface area contributed by atoms with Crippen LogP contribution < -0.4 is 5.73 Å². The molecule has 1 heterocycles. The Hall–Kier alpha value is -1.74. The summed E-state index contributed by atoms with van der Waals surface area (Å²) in [6.07, 6.45) is 6.25. The third-order valence-electron chi connectivity index (χ3n) is 3.47. The number of hydrogen-bond donors (Lipinski definition) is 1. The maximum atomic E-state index is 5.54. The minimum Gasteiger partial charge on any atom is -0.330 e. The maximum Gasteiger partial charge on any atom is 0.130 e. The van der Waals surface area contributed by atoms with Crippen molar-refractivity contribution >= 4 is 0 Å². The number of hydrogen-bond acceptors (Lipinski definition) is 3. The highest BCUT2D eigenvalue weighted by molar-refractivity contribution is 5.61. The lowest BCUT2D eigenvalue weighted by Crippen LogP contribution is -2.06. The van der Waals surface area contributed by atoms with Crippen molar-refractivity contribution in [3.63, 3.8) is 0 Å². The summed E-state index contributed by atoms with van der Waals surface area (Å²) in [6, 6.07) is 8.65. The monoisotopic (exact) mass is 239 g/mol. The second-order valence-corrected chi connectivity index (χ2v) is 4.73. The lowest BCUT2D eigenvalue weighted by Gasteiger charge is -2.06. The second-order valence-electron chi connectivity index (χ2n) is 4.73. The lowest BCUT2D eigenvalue weighted by molar-refractivity contribution is 0.869. The molecule has 0 atom stereocenters.